The van der Waals surface area contributed by atoms with E-state index in [2.05, 4.69) is 25.6 Å². The minimum atomic E-state index is -0.272. The lowest BCUT2D eigenvalue weighted by molar-refractivity contribution is -0.115. The predicted molar refractivity (Wildman–Crippen MR) is 125 cm³/mol. The molecule has 2 N–H and O–H groups in total. The van der Waals surface area contributed by atoms with Gasteiger partial charge in [-0.2, -0.15) is 0 Å². The van der Waals surface area contributed by atoms with Crippen molar-refractivity contribution in [2.45, 2.75) is 39.3 Å². The van der Waals surface area contributed by atoms with Crippen LogP contribution in [0.5, 0.6) is 5.75 Å². The Morgan fingerprint density at radius 3 is 2.70 bits per heavy atom. The first-order chi connectivity index (χ1) is 16.0. The van der Waals surface area contributed by atoms with Crippen molar-refractivity contribution < 1.29 is 14.3 Å². The van der Waals surface area contributed by atoms with Crippen molar-refractivity contribution in [3.8, 4) is 16.9 Å². The van der Waals surface area contributed by atoms with Gasteiger partial charge in [-0.15, -0.1) is 0 Å². The first-order valence-corrected chi connectivity index (χ1v) is 11.1. The molecule has 0 saturated heterocycles. The third kappa shape index (κ3) is 6.20. The number of aromatic nitrogens is 3. The van der Waals surface area contributed by atoms with E-state index in [1.165, 1.54) is 6.33 Å². The lowest BCUT2D eigenvalue weighted by Crippen LogP contribution is -2.29. The Balaban J connectivity index is 1.51. The Labute approximate surface area is 192 Å². The lowest BCUT2D eigenvalue weighted by atomic mass is 10.0. The molecular weight excluding hydrogens is 418 g/mol. The number of carbonyl (C=O) groups excluding carboxylic acids is 2. The zero-order chi connectivity index (χ0) is 23.2. The van der Waals surface area contributed by atoms with Crippen LogP contribution in [0.2, 0.25) is 0 Å². The summed E-state index contributed by atoms with van der Waals surface area (Å²) in [5.74, 6) is 0.158. The second-order valence-electron chi connectivity index (χ2n) is 8.34. The second-order valence-corrected chi connectivity index (χ2v) is 8.34. The number of nitrogens with zero attached hydrogens (tertiary/aromatic N) is 3. The van der Waals surface area contributed by atoms with Gasteiger partial charge < -0.3 is 15.4 Å². The fraction of sp³-hybridized carbons (Fsp3) is 0.320. The Morgan fingerprint density at radius 1 is 1.12 bits per heavy atom. The van der Waals surface area contributed by atoms with E-state index in [4.69, 9.17) is 4.74 Å². The Hall–Kier alpha value is -3.65. The summed E-state index contributed by atoms with van der Waals surface area (Å²) in [5, 5.41) is 5.90. The van der Waals surface area contributed by atoms with Crippen LogP contribution in [0.25, 0.3) is 11.1 Å². The maximum Gasteiger partial charge on any atom is 0.238 e. The van der Waals surface area contributed by atoms with Crippen LogP contribution >= 0.6 is 0 Å². The van der Waals surface area contributed by atoms with E-state index in [0.29, 0.717) is 18.3 Å². The molecule has 1 fully saturated rings. The van der Waals surface area contributed by atoms with Gasteiger partial charge in [0.05, 0.1) is 24.0 Å². The molecule has 0 unspecified atom stereocenters. The SMILES string of the molecule is CC(C)C(=O)c1ncc(-c2cccc(OC3CC3)c2)cc1NC(=O)CNCc1ccncn1. The fourth-order valence-corrected chi connectivity index (χ4v) is 3.24. The van der Waals surface area contributed by atoms with E-state index in [9.17, 15) is 9.59 Å². The molecule has 1 amide bonds. The monoisotopic (exact) mass is 445 g/mol. The van der Waals surface area contributed by atoms with Crippen LogP contribution in [0.3, 0.4) is 0 Å². The van der Waals surface area contributed by atoms with Gasteiger partial charge in [-0.05, 0) is 42.7 Å². The molecule has 1 aromatic carbocycles. The Morgan fingerprint density at radius 2 is 1.97 bits per heavy atom. The molecular formula is C25H27N5O3. The van der Waals surface area contributed by atoms with Crippen molar-refractivity contribution in [1.29, 1.82) is 0 Å². The first-order valence-electron chi connectivity index (χ1n) is 11.1. The molecule has 0 atom stereocenters. The van der Waals surface area contributed by atoms with Crippen molar-refractivity contribution in [3.63, 3.8) is 0 Å². The molecule has 2 aromatic heterocycles. The number of nitrogens with one attached hydrogen (secondary N) is 2. The normalized spacial score (nSPS) is 13.1. The molecule has 2 heterocycles. The number of hydrogen-bond acceptors (Lipinski definition) is 7. The molecule has 0 aliphatic heterocycles. The van der Waals surface area contributed by atoms with E-state index in [0.717, 1.165) is 35.4 Å². The highest BCUT2D eigenvalue weighted by atomic mass is 16.5. The molecule has 1 aliphatic rings. The number of Topliss-reactive ketones (excluding diaryl/α,β-unsaturated/α-hetero) is 1. The van der Waals surface area contributed by atoms with Gasteiger partial charge in [-0.3, -0.25) is 14.6 Å². The highest BCUT2D eigenvalue weighted by Gasteiger charge is 2.24. The van der Waals surface area contributed by atoms with Crippen molar-refractivity contribution in [3.05, 3.63) is 66.5 Å². The summed E-state index contributed by atoms with van der Waals surface area (Å²) in [7, 11) is 0. The molecule has 8 heteroatoms. The maximum absolute atomic E-state index is 12.7. The quantitative estimate of drug-likeness (QED) is 0.459. The van der Waals surface area contributed by atoms with Gasteiger partial charge >= 0.3 is 0 Å². The number of pyridine rings is 1. The number of carbonyl (C=O) groups is 2. The molecule has 3 aromatic rings. The minimum absolute atomic E-state index is 0.0637. The summed E-state index contributed by atoms with van der Waals surface area (Å²) < 4.78 is 5.89. The molecule has 0 spiro atoms. The standard InChI is InChI=1S/C25H27N5O3/c1-16(2)25(32)24-22(30-23(31)14-27-13-19-8-9-26-15-29-19)11-18(12-28-24)17-4-3-5-21(10-17)33-20-6-7-20/h3-5,8-12,15-16,20,27H,6-7,13-14H2,1-2H3,(H,30,31). The number of amides is 1. The third-order valence-electron chi connectivity index (χ3n) is 5.15. The van der Waals surface area contributed by atoms with Gasteiger partial charge in [-0.1, -0.05) is 26.0 Å². The molecule has 33 heavy (non-hydrogen) atoms. The van der Waals surface area contributed by atoms with Crippen molar-refractivity contribution >= 4 is 17.4 Å². The largest absolute Gasteiger partial charge is 0.490 e. The van der Waals surface area contributed by atoms with E-state index < -0.39 is 0 Å². The van der Waals surface area contributed by atoms with Crippen LogP contribution < -0.4 is 15.4 Å². The van der Waals surface area contributed by atoms with Crippen molar-refractivity contribution in [2.24, 2.45) is 5.92 Å². The van der Waals surface area contributed by atoms with Gasteiger partial charge in [0.25, 0.3) is 0 Å². The second kappa shape index (κ2) is 10.3. The third-order valence-corrected chi connectivity index (χ3v) is 5.15. The molecule has 0 radical (unpaired) electrons. The number of ketones is 1. The van der Waals surface area contributed by atoms with Crippen LogP contribution in [0, 0.1) is 5.92 Å². The lowest BCUT2D eigenvalue weighted by Gasteiger charge is -2.14. The van der Waals surface area contributed by atoms with Crippen molar-refractivity contribution in [1.82, 2.24) is 20.3 Å². The molecule has 8 nitrogen and oxygen atoms in total. The van der Waals surface area contributed by atoms with Crippen LogP contribution in [-0.2, 0) is 11.3 Å². The number of rotatable bonds is 10. The zero-order valence-corrected chi connectivity index (χ0v) is 18.7. The average Bonchev–Trinajstić information content (AvgIpc) is 3.63. The summed E-state index contributed by atoms with van der Waals surface area (Å²) in [6.07, 6.45) is 7.24. The van der Waals surface area contributed by atoms with Gasteiger partial charge in [-0.25, -0.2) is 9.97 Å². The topological polar surface area (TPSA) is 106 Å². The Bertz CT molecular complexity index is 1130. The van der Waals surface area contributed by atoms with Crippen LogP contribution in [-0.4, -0.2) is 39.3 Å². The summed E-state index contributed by atoms with van der Waals surface area (Å²) >= 11 is 0. The predicted octanol–water partition coefficient (Wildman–Crippen LogP) is 3.65. The highest BCUT2D eigenvalue weighted by molar-refractivity contribution is 6.05. The van der Waals surface area contributed by atoms with E-state index >= 15 is 0 Å². The highest BCUT2D eigenvalue weighted by Crippen LogP contribution is 2.31. The Kier molecular flexibility index (Phi) is 7.04. The molecule has 1 saturated carbocycles. The molecule has 0 bridgehead atoms. The number of anilines is 1. The van der Waals surface area contributed by atoms with Gasteiger partial charge in [0, 0.05) is 30.4 Å². The maximum atomic E-state index is 12.7. The summed E-state index contributed by atoms with van der Waals surface area (Å²) in [4.78, 5) is 37.7. The minimum Gasteiger partial charge on any atom is -0.490 e. The van der Waals surface area contributed by atoms with E-state index in [1.807, 2.05) is 38.1 Å². The molecule has 1 aliphatic carbocycles. The molecule has 170 valence electrons. The fourth-order valence-electron chi connectivity index (χ4n) is 3.24. The zero-order valence-electron chi connectivity index (χ0n) is 18.7. The van der Waals surface area contributed by atoms with E-state index in [-0.39, 0.29) is 29.8 Å². The first kappa shape index (κ1) is 22.5. The van der Waals surface area contributed by atoms with Crippen LogP contribution in [0.15, 0.2) is 55.1 Å². The average molecular weight is 446 g/mol. The summed E-state index contributed by atoms with van der Waals surface area (Å²) in [6, 6.07) is 11.3. The van der Waals surface area contributed by atoms with Crippen LogP contribution in [0.4, 0.5) is 5.69 Å². The van der Waals surface area contributed by atoms with Gasteiger partial charge in [0.15, 0.2) is 5.78 Å². The molecule has 4 rings (SSSR count). The van der Waals surface area contributed by atoms with E-state index in [1.54, 1.807) is 24.5 Å². The van der Waals surface area contributed by atoms with Gasteiger partial charge in [0.2, 0.25) is 5.91 Å². The number of ether oxygens (including phenoxy) is 1. The summed E-state index contributed by atoms with van der Waals surface area (Å²) in [5.41, 5.74) is 3.13. The number of benzene rings is 1. The number of hydrogen-bond donors (Lipinski definition) is 2. The smallest absolute Gasteiger partial charge is 0.238 e. The van der Waals surface area contributed by atoms with Crippen molar-refractivity contribution in [2.75, 3.05) is 11.9 Å². The van der Waals surface area contributed by atoms with Crippen LogP contribution in [0.1, 0.15) is 42.9 Å². The van der Waals surface area contributed by atoms with Gasteiger partial charge in [0.1, 0.15) is 17.8 Å². The summed E-state index contributed by atoms with van der Waals surface area (Å²) in [6.45, 7) is 4.12.